The Labute approximate surface area is 470 Å². The topological polar surface area (TPSA) is 175 Å². The Morgan fingerprint density at radius 2 is 0.779 bits per heavy atom. The minimum atomic E-state index is -1.90. The Bertz CT molecular complexity index is 1430. The van der Waals surface area contributed by atoms with E-state index >= 15 is 0 Å². The van der Waals surface area contributed by atoms with Crippen LogP contribution in [0.1, 0.15) is 316 Å². The van der Waals surface area contributed by atoms with Gasteiger partial charge in [-0.25, -0.2) is 4.79 Å². The molecule has 0 radical (unpaired) electrons. The van der Waals surface area contributed by atoms with Crippen molar-refractivity contribution >= 4 is 23.9 Å². The van der Waals surface area contributed by atoms with E-state index in [-0.39, 0.29) is 25.9 Å². The Morgan fingerprint density at radius 1 is 0.429 bits per heavy atom. The molecule has 0 spiro atoms. The molecule has 12 heteroatoms. The van der Waals surface area contributed by atoms with E-state index < -0.39 is 67.3 Å². The van der Waals surface area contributed by atoms with E-state index in [1.165, 1.54) is 180 Å². The number of rotatable bonds is 56. The van der Waals surface area contributed by atoms with Crippen molar-refractivity contribution in [2.24, 2.45) is 0 Å². The summed E-state index contributed by atoms with van der Waals surface area (Å²) < 4.78 is 28.5. The van der Waals surface area contributed by atoms with Crippen LogP contribution in [0.4, 0.5) is 0 Å². The maximum absolute atomic E-state index is 13.2. The summed E-state index contributed by atoms with van der Waals surface area (Å²) in [6.45, 7) is 6.01. The van der Waals surface area contributed by atoms with E-state index in [0.717, 1.165) is 77.0 Å². The van der Waals surface area contributed by atoms with Gasteiger partial charge in [-0.05, 0) is 51.4 Å². The molecule has 0 aromatic heterocycles. The predicted molar refractivity (Wildman–Crippen MR) is 313 cm³/mol. The second-order valence-corrected chi connectivity index (χ2v) is 22.4. The summed E-state index contributed by atoms with van der Waals surface area (Å²) in [5, 5.41) is 31.6. The summed E-state index contributed by atoms with van der Waals surface area (Å²) in [4.78, 5) is 51.3. The summed E-state index contributed by atoms with van der Waals surface area (Å²) in [6, 6.07) is 0. The molecule has 3 N–H and O–H groups in total. The van der Waals surface area contributed by atoms with Gasteiger partial charge in [-0.2, -0.15) is 0 Å². The van der Waals surface area contributed by atoms with Crippen molar-refractivity contribution < 1.29 is 58.2 Å². The third-order valence-electron chi connectivity index (χ3n) is 15.0. The minimum Gasteiger partial charge on any atom is -0.479 e. The molecule has 1 saturated heterocycles. The molecule has 0 aliphatic carbocycles. The number of carbonyl (C=O) groups excluding carboxylic acids is 3. The number of unbranched alkanes of at least 4 members (excludes halogenated alkanes) is 38. The van der Waals surface area contributed by atoms with Crippen molar-refractivity contribution in [1.82, 2.24) is 0 Å². The monoisotopic (exact) mass is 1090 g/mol. The van der Waals surface area contributed by atoms with Gasteiger partial charge in [0.2, 0.25) is 0 Å². The lowest BCUT2D eigenvalue weighted by Gasteiger charge is -2.40. The molecule has 450 valence electrons. The van der Waals surface area contributed by atoms with Gasteiger partial charge in [0, 0.05) is 19.3 Å². The van der Waals surface area contributed by atoms with Crippen molar-refractivity contribution in [2.75, 3.05) is 13.2 Å². The first-order valence-electron chi connectivity index (χ1n) is 32.3. The SMILES string of the molecule is CCCCC/C=C\C/C=C\CCCCCCCCCC(=O)OCC(COC1OC(C(=O)O)C(O)C(O)C1OC(=O)CCCCCCCCCCCCCCCCC)OC(=O)CCCCCCCCCCCCCCCCC. The summed E-state index contributed by atoms with van der Waals surface area (Å²) in [6.07, 6.45) is 49.9. The van der Waals surface area contributed by atoms with Crippen LogP contribution in [-0.2, 0) is 42.9 Å². The van der Waals surface area contributed by atoms with Crippen LogP contribution in [0.2, 0.25) is 0 Å². The van der Waals surface area contributed by atoms with E-state index in [1.807, 2.05) is 0 Å². The lowest BCUT2D eigenvalue weighted by Crippen LogP contribution is -2.61. The Balaban J connectivity index is 2.65. The third kappa shape index (κ3) is 43.7. The van der Waals surface area contributed by atoms with Gasteiger partial charge in [0.15, 0.2) is 24.6 Å². The van der Waals surface area contributed by atoms with Crippen molar-refractivity contribution in [1.29, 1.82) is 0 Å². The molecule has 1 aliphatic rings. The standard InChI is InChI=1S/C65H118O12/c1-4-7-10-13-16-19-22-25-28-29-32-33-36-39-42-45-48-51-57(66)73-54-56(75-58(67)52-49-46-43-40-37-34-30-26-23-20-17-14-11-8-5-2)55-74-65-63(61(70)60(69)62(77-65)64(71)72)76-59(68)53-50-47-44-41-38-35-31-27-24-21-18-15-12-9-6-3/h16,19,25,28,56,60-63,65,69-70H,4-15,17-18,20-24,26-27,29-55H2,1-3H3,(H,71,72)/b19-16-,28-25-. The van der Waals surface area contributed by atoms with Gasteiger partial charge in [-0.3, -0.25) is 14.4 Å². The summed E-state index contributed by atoms with van der Waals surface area (Å²) >= 11 is 0. The number of ether oxygens (including phenoxy) is 5. The summed E-state index contributed by atoms with van der Waals surface area (Å²) in [5.41, 5.74) is 0. The van der Waals surface area contributed by atoms with E-state index in [0.29, 0.717) is 19.3 Å². The molecule has 6 atom stereocenters. The highest BCUT2D eigenvalue weighted by Crippen LogP contribution is 2.27. The van der Waals surface area contributed by atoms with Crippen LogP contribution in [0.15, 0.2) is 24.3 Å². The normalized spacial score (nSPS) is 18.1. The van der Waals surface area contributed by atoms with E-state index in [9.17, 15) is 34.5 Å². The largest absolute Gasteiger partial charge is 0.479 e. The molecule has 0 amide bonds. The van der Waals surface area contributed by atoms with Gasteiger partial charge in [-0.1, -0.05) is 270 Å². The second kappa shape index (κ2) is 53.8. The van der Waals surface area contributed by atoms with Crippen LogP contribution in [0, 0.1) is 0 Å². The number of esters is 3. The van der Waals surface area contributed by atoms with Crippen LogP contribution >= 0.6 is 0 Å². The van der Waals surface area contributed by atoms with Crippen LogP contribution in [0.25, 0.3) is 0 Å². The fourth-order valence-corrected chi connectivity index (χ4v) is 10.0. The third-order valence-corrected chi connectivity index (χ3v) is 15.0. The molecule has 1 heterocycles. The molecule has 1 fully saturated rings. The smallest absolute Gasteiger partial charge is 0.335 e. The number of allylic oxidation sites excluding steroid dienone is 4. The lowest BCUT2D eigenvalue weighted by molar-refractivity contribution is -0.301. The number of aliphatic hydroxyl groups is 2. The first-order valence-corrected chi connectivity index (χ1v) is 32.3. The average molecular weight is 1090 g/mol. The van der Waals surface area contributed by atoms with Crippen LogP contribution in [-0.4, -0.2) is 89.2 Å². The zero-order valence-electron chi connectivity index (χ0n) is 49.7. The van der Waals surface area contributed by atoms with Crippen LogP contribution in [0.5, 0.6) is 0 Å². The van der Waals surface area contributed by atoms with Crippen molar-refractivity contribution in [2.45, 2.75) is 353 Å². The van der Waals surface area contributed by atoms with E-state index in [2.05, 4.69) is 45.1 Å². The number of hydrogen-bond acceptors (Lipinski definition) is 11. The Kier molecular flexibility index (Phi) is 50.5. The molecule has 0 aromatic carbocycles. The van der Waals surface area contributed by atoms with Gasteiger partial charge < -0.3 is 39.0 Å². The van der Waals surface area contributed by atoms with Crippen molar-refractivity contribution in [3.8, 4) is 0 Å². The quantitative estimate of drug-likeness (QED) is 0.0228. The fraction of sp³-hybridized carbons (Fsp3) is 0.877. The highest BCUT2D eigenvalue weighted by Gasteiger charge is 2.50. The first-order chi connectivity index (χ1) is 37.6. The molecule has 77 heavy (non-hydrogen) atoms. The lowest BCUT2D eigenvalue weighted by atomic mass is 9.98. The van der Waals surface area contributed by atoms with E-state index in [4.69, 9.17) is 23.7 Å². The minimum absolute atomic E-state index is 0.0672. The maximum Gasteiger partial charge on any atom is 0.335 e. The molecule has 6 unspecified atom stereocenters. The van der Waals surface area contributed by atoms with Gasteiger partial charge in [0.05, 0.1) is 6.61 Å². The maximum atomic E-state index is 13.2. The van der Waals surface area contributed by atoms with Gasteiger partial charge in [0.25, 0.3) is 0 Å². The van der Waals surface area contributed by atoms with Crippen molar-refractivity contribution in [3.05, 3.63) is 24.3 Å². The number of carbonyl (C=O) groups is 4. The highest BCUT2D eigenvalue weighted by atomic mass is 16.7. The molecule has 1 rings (SSSR count). The van der Waals surface area contributed by atoms with Crippen molar-refractivity contribution in [3.63, 3.8) is 0 Å². The average Bonchev–Trinajstić information content (AvgIpc) is 3.42. The fourth-order valence-electron chi connectivity index (χ4n) is 10.0. The molecular weight excluding hydrogens is 973 g/mol. The molecule has 12 nitrogen and oxygen atoms in total. The molecular formula is C65H118O12. The molecule has 0 saturated carbocycles. The number of aliphatic carboxylic acids is 1. The molecule has 0 bridgehead atoms. The highest BCUT2D eigenvalue weighted by molar-refractivity contribution is 5.74. The predicted octanol–water partition coefficient (Wildman–Crippen LogP) is 17.0. The number of carboxylic acid groups (broad SMARTS) is 1. The number of hydrogen-bond donors (Lipinski definition) is 3. The zero-order valence-corrected chi connectivity index (χ0v) is 49.7. The Hall–Kier alpha value is -2.80. The summed E-state index contributed by atoms with van der Waals surface area (Å²) in [5.74, 6) is -3.09. The second-order valence-electron chi connectivity index (χ2n) is 22.4. The molecule has 1 aliphatic heterocycles. The summed E-state index contributed by atoms with van der Waals surface area (Å²) in [7, 11) is 0. The van der Waals surface area contributed by atoms with Crippen LogP contribution < -0.4 is 0 Å². The number of aliphatic hydroxyl groups excluding tert-OH is 2. The number of carboxylic acids is 1. The molecule has 0 aromatic rings. The van der Waals surface area contributed by atoms with Gasteiger partial charge >= 0.3 is 23.9 Å². The first kappa shape index (κ1) is 72.2. The Morgan fingerprint density at radius 3 is 1.19 bits per heavy atom. The van der Waals surface area contributed by atoms with E-state index in [1.54, 1.807) is 0 Å². The van der Waals surface area contributed by atoms with Gasteiger partial charge in [0.1, 0.15) is 18.8 Å². The van der Waals surface area contributed by atoms with Gasteiger partial charge in [-0.15, -0.1) is 0 Å². The zero-order chi connectivity index (χ0) is 56.1. The van der Waals surface area contributed by atoms with Crippen LogP contribution in [0.3, 0.4) is 0 Å².